The lowest BCUT2D eigenvalue weighted by Gasteiger charge is -2.07. The van der Waals surface area contributed by atoms with Gasteiger partial charge in [-0.05, 0) is 36.4 Å². The third kappa shape index (κ3) is 4.44. The lowest BCUT2D eigenvalue weighted by molar-refractivity contribution is -0.118. The number of thiazole rings is 1. The first-order valence-corrected chi connectivity index (χ1v) is 10.5. The minimum atomic E-state index is -0.434. The highest BCUT2D eigenvalue weighted by molar-refractivity contribution is 7.15. The predicted octanol–water partition coefficient (Wildman–Crippen LogP) is 6.09. The van der Waals surface area contributed by atoms with Gasteiger partial charge < -0.3 is 4.74 Å². The maximum absolute atomic E-state index is 12.2. The number of nitrogens with zero attached hydrogens (tertiary/aromatic N) is 3. The molecule has 0 saturated carbocycles. The summed E-state index contributed by atoms with van der Waals surface area (Å²) in [7, 11) is 0. The number of amides is 1. The number of rotatable bonds is 5. The molecule has 11 heteroatoms. The van der Waals surface area contributed by atoms with Crippen molar-refractivity contribution in [1.82, 2.24) is 14.6 Å². The zero-order valence-corrected chi connectivity index (χ0v) is 18.2. The Balaban J connectivity index is 1.49. The van der Waals surface area contributed by atoms with Gasteiger partial charge in [-0.15, -0.1) is 16.4 Å². The number of anilines is 1. The Bertz CT molecular complexity index is 1220. The molecule has 0 aliphatic carbocycles. The second kappa shape index (κ2) is 8.38. The average molecular weight is 488 g/mol. The summed E-state index contributed by atoms with van der Waals surface area (Å²) in [4.78, 5) is 17.1. The second-order valence-electron chi connectivity index (χ2n) is 5.79. The van der Waals surface area contributed by atoms with Crippen LogP contribution in [0.25, 0.3) is 16.2 Å². The molecule has 6 nitrogen and oxygen atoms in total. The van der Waals surface area contributed by atoms with E-state index < -0.39 is 5.91 Å². The third-order valence-corrected chi connectivity index (χ3v) is 5.70. The molecule has 0 radical (unpaired) electrons. The standard InChI is InChI=1S/C18H10Cl4N4O2S/c19-9-1-3-12(21)11(5-9)14-8-29-18-24-17(25-26(14)18)23-16(27)7-28-15-4-2-10(20)6-13(15)22/h1-6,8H,7H2,(H,23,25,27). The number of benzene rings is 2. The van der Waals surface area contributed by atoms with Gasteiger partial charge in [0.1, 0.15) is 5.75 Å². The van der Waals surface area contributed by atoms with Gasteiger partial charge >= 0.3 is 0 Å². The van der Waals surface area contributed by atoms with Crippen LogP contribution in [0.1, 0.15) is 0 Å². The number of carbonyl (C=O) groups is 1. The molecule has 0 unspecified atom stereocenters. The highest BCUT2D eigenvalue weighted by atomic mass is 35.5. The normalized spacial score (nSPS) is 11.0. The minimum absolute atomic E-state index is 0.145. The molecule has 148 valence electrons. The van der Waals surface area contributed by atoms with Crippen LogP contribution in [0, 0.1) is 0 Å². The molecule has 0 atom stereocenters. The van der Waals surface area contributed by atoms with E-state index in [4.69, 9.17) is 51.1 Å². The maximum Gasteiger partial charge on any atom is 0.264 e. The SMILES string of the molecule is O=C(COc1ccc(Cl)cc1Cl)Nc1nc2scc(-c3cc(Cl)ccc3Cl)n2n1. The van der Waals surface area contributed by atoms with Crippen molar-refractivity contribution in [1.29, 1.82) is 0 Å². The summed E-state index contributed by atoms with van der Waals surface area (Å²) >= 11 is 25.6. The topological polar surface area (TPSA) is 68.5 Å². The van der Waals surface area contributed by atoms with E-state index >= 15 is 0 Å². The molecule has 0 fully saturated rings. The van der Waals surface area contributed by atoms with Crippen LogP contribution in [0.3, 0.4) is 0 Å². The fraction of sp³-hybridized carbons (Fsp3) is 0.0556. The average Bonchev–Trinajstić information content (AvgIpc) is 3.23. The van der Waals surface area contributed by atoms with Crippen molar-refractivity contribution in [2.24, 2.45) is 0 Å². The molecular formula is C18H10Cl4N4O2S. The number of nitrogens with one attached hydrogen (secondary N) is 1. The molecule has 0 aliphatic heterocycles. The van der Waals surface area contributed by atoms with E-state index in [1.807, 2.05) is 5.38 Å². The van der Waals surface area contributed by atoms with Crippen molar-refractivity contribution in [2.75, 3.05) is 11.9 Å². The van der Waals surface area contributed by atoms with Crippen LogP contribution in [0.2, 0.25) is 20.1 Å². The van der Waals surface area contributed by atoms with E-state index in [1.54, 1.807) is 34.8 Å². The van der Waals surface area contributed by atoms with Crippen LogP contribution in [0.4, 0.5) is 5.95 Å². The van der Waals surface area contributed by atoms with Crippen LogP contribution >= 0.6 is 57.7 Å². The van der Waals surface area contributed by atoms with Crippen molar-refractivity contribution < 1.29 is 9.53 Å². The Morgan fingerprint density at radius 2 is 1.83 bits per heavy atom. The largest absolute Gasteiger partial charge is 0.482 e. The zero-order chi connectivity index (χ0) is 20.5. The van der Waals surface area contributed by atoms with E-state index in [2.05, 4.69) is 15.4 Å². The summed E-state index contributed by atoms with van der Waals surface area (Å²) in [6, 6.07) is 9.90. The zero-order valence-electron chi connectivity index (χ0n) is 14.3. The monoisotopic (exact) mass is 486 g/mol. The molecular weight excluding hydrogens is 478 g/mol. The molecule has 2 aromatic carbocycles. The first-order valence-electron chi connectivity index (χ1n) is 8.08. The van der Waals surface area contributed by atoms with Gasteiger partial charge in [-0.3, -0.25) is 10.1 Å². The van der Waals surface area contributed by atoms with Gasteiger partial charge in [0.05, 0.1) is 15.7 Å². The van der Waals surface area contributed by atoms with Gasteiger partial charge in [-0.1, -0.05) is 46.4 Å². The summed E-state index contributed by atoms with van der Waals surface area (Å²) in [6.07, 6.45) is 0. The molecule has 0 spiro atoms. The number of ether oxygens (including phenoxy) is 1. The number of carbonyl (C=O) groups excluding carboxylic acids is 1. The number of aromatic nitrogens is 3. The van der Waals surface area contributed by atoms with Gasteiger partial charge in [0.15, 0.2) is 6.61 Å². The van der Waals surface area contributed by atoms with Crippen LogP contribution in [-0.2, 0) is 4.79 Å². The van der Waals surface area contributed by atoms with Crippen molar-refractivity contribution in [2.45, 2.75) is 0 Å². The highest BCUT2D eigenvalue weighted by Gasteiger charge is 2.16. The summed E-state index contributed by atoms with van der Waals surface area (Å²) in [5, 5.41) is 10.7. The lowest BCUT2D eigenvalue weighted by Crippen LogP contribution is -2.21. The molecule has 4 rings (SSSR count). The molecule has 0 saturated heterocycles. The van der Waals surface area contributed by atoms with Crippen LogP contribution < -0.4 is 10.1 Å². The first kappa shape index (κ1) is 20.3. The molecule has 1 amide bonds. The van der Waals surface area contributed by atoms with Gasteiger partial charge in [-0.2, -0.15) is 4.98 Å². The second-order valence-corrected chi connectivity index (χ2v) is 8.31. The fourth-order valence-corrected chi connectivity index (χ4v) is 4.18. The van der Waals surface area contributed by atoms with Crippen molar-refractivity contribution >= 4 is 74.6 Å². The summed E-state index contributed by atoms with van der Waals surface area (Å²) in [6.45, 7) is -0.263. The van der Waals surface area contributed by atoms with E-state index in [-0.39, 0.29) is 12.6 Å². The van der Waals surface area contributed by atoms with Crippen molar-refractivity contribution in [3.05, 3.63) is 61.9 Å². The maximum atomic E-state index is 12.2. The number of fused-ring (bicyclic) bond motifs is 1. The Kier molecular flexibility index (Phi) is 5.85. The fourth-order valence-electron chi connectivity index (χ4n) is 2.51. The molecule has 0 bridgehead atoms. The summed E-state index contributed by atoms with van der Waals surface area (Å²) in [5.41, 5.74) is 1.43. The molecule has 4 aromatic rings. The van der Waals surface area contributed by atoms with E-state index in [9.17, 15) is 4.79 Å². The van der Waals surface area contributed by atoms with E-state index in [0.717, 1.165) is 5.69 Å². The molecule has 2 aromatic heterocycles. The Morgan fingerprint density at radius 3 is 2.62 bits per heavy atom. The summed E-state index contributed by atoms with van der Waals surface area (Å²) in [5.74, 6) is 0.0616. The number of hydrogen-bond donors (Lipinski definition) is 1. The molecule has 0 aliphatic rings. The van der Waals surface area contributed by atoms with Gasteiger partial charge in [0.2, 0.25) is 4.96 Å². The number of hydrogen-bond acceptors (Lipinski definition) is 5. The van der Waals surface area contributed by atoms with Crippen LogP contribution in [0.5, 0.6) is 5.75 Å². The highest BCUT2D eigenvalue weighted by Crippen LogP contribution is 2.33. The molecule has 1 N–H and O–H groups in total. The molecule has 29 heavy (non-hydrogen) atoms. The van der Waals surface area contributed by atoms with E-state index in [0.29, 0.717) is 36.4 Å². The van der Waals surface area contributed by atoms with Gasteiger partial charge in [0, 0.05) is 21.0 Å². The Morgan fingerprint density at radius 1 is 1.07 bits per heavy atom. The van der Waals surface area contributed by atoms with Crippen LogP contribution in [-0.4, -0.2) is 27.1 Å². The van der Waals surface area contributed by atoms with Crippen molar-refractivity contribution in [3.8, 4) is 17.0 Å². The quantitative estimate of drug-likeness (QED) is 0.369. The number of halogens is 4. The Hall–Kier alpha value is -2.03. The molecule has 2 heterocycles. The van der Waals surface area contributed by atoms with Gasteiger partial charge in [0.25, 0.3) is 11.9 Å². The third-order valence-electron chi connectivity index (χ3n) is 3.79. The smallest absolute Gasteiger partial charge is 0.264 e. The minimum Gasteiger partial charge on any atom is -0.482 e. The Labute approximate surface area is 188 Å². The lowest BCUT2D eigenvalue weighted by atomic mass is 10.2. The van der Waals surface area contributed by atoms with Crippen molar-refractivity contribution in [3.63, 3.8) is 0 Å². The van der Waals surface area contributed by atoms with Crippen LogP contribution in [0.15, 0.2) is 41.8 Å². The summed E-state index contributed by atoms with van der Waals surface area (Å²) < 4.78 is 7.00. The van der Waals surface area contributed by atoms with Gasteiger partial charge in [-0.25, -0.2) is 4.52 Å². The van der Waals surface area contributed by atoms with E-state index in [1.165, 1.54) is 17.4 Å². The predicted molar refractivity (Wildman–Crippen MR) is 117 cm³/mol. The first-order chi connectivity index (χ1) is 13.9.